The predicted octanol–water partition coefficient (Wildman–Crippen LogP) is -4.05. The molecule has 11 N–H and O–H groups in total. The molecule has 0 radical (unpaired) electrons. The van der Waals surface area contributed by atoms with Crippen LogP contribution in [-0.2, 0) is 14.3 Å². The highest BCUT2D eigenvalue weighted by atomic mass is 19.3. The SMILES string of the molecule is NCC(F)(F)C(O)C(=O)NC1CC(N)CC(OCOC(CO)C(N)CO)C1O. The second-order valence-corrected chi connectivity index (χ2v) is 6.76. The standard InChI is InChI=1S/C15H30F2N4O7/c16-15(17,5-18)13(25)14(26)21-9-1-7(19)2-10(12(9)24)27-6-28-11(4-23)8(20)3-22/h7-13,22-25H,1-6,18-20H2,(H,21,26). The Morgan fingerprint density at radius 1 is 1.29 bits per heavy atom. The van der Waals surface area contributed by atoms with Gasteiger partial charge in [0.05, 0.1) is 37.9 Å². The Labute approximate surface area is 160 Å². The van der Waals surface area contributed by atoms with Gasteiger partial charge in [0.15, 0.2) is 6.10 Å². The van der Waals surface area contributed by atoms with E-state index in [-0.39, 0.29) is 12.8 Å². The summed E-state index contributed by atoms with van der Waals surface area (Å²) in [7, 11) is 0. The second kappa shape index (κ2) is 11.2. The Balaban J connectivity index is 2.63. The third-order valence-corrected chi connectivity index (χ3v) is 4.57. The molecular formula is C15H30F2N4O7. The highest BCUT2D eigenvalue weighted by molar-refractivity contribution is 5.82. The molecule has 0 aromatic heterocycles. The number of nitrogens with two attached hydrogens (primary N) is 3. The highest BCUT2D eigenvalue weighted by Crippen LogP contribution is 2.23. The monoisotopic (exact) mass is 416 g/mol. The Morgan fingerprint density at radius 3 is 2.46 bits per heavy atom. The Kier molecular flexibility index (Phi) is 10.0. The van der Waals surface area contributed by atoms with Crippen LogP contribution in [0.4, 0.5) is 8.78 Å². The third-order valence-electron chi connectivity index (χ3n) is 4.57. The molecule has 166 valence electrons. The van der Waals surface area contributed by atoms with E-state index in [9.17, 15) is 23.8 Å². The van der Waals surface area contributed by atoms with Gasteiger partial charge in [-0.3, -0.25) is 4.79 Å². The average Bonchev–Trinajstić information content (AvgIpc) is 2.67. The fourth-order valence-electron chi connectivity index (χ4n) is 2.78. The highest BCUT2D eigenvalue weighted by Gasteiger charge is 2.44. The molecule has 0 saturated heterocycles. The summed E-state index contributed by atoms with van der Waals surface area (Å²) in [6.07, 6.45) is -5.53. The fraction of sp³-hybridized carbons (Fsp3) is 0.933. The average molecular weight is 416 g/mol. The molecule has 0 heterocycles. The Hall–Kier alpha value is -1.03. The van der Waals surface area contributed by atoms with Crippen molar-refractivity contribution >= 4 is 5.91 Å². The van der Waals surface area contributed by atoms with Gasteiger partial charge in [-0.2, -0.15) is 0 Å². The number of halogens is 2. The molecule has 11 nitrogen and oxygen atoms in total. The summed E-state index contributed by atoms with van der Waals surface area (Å²) < 4.78 is 37.3. The molecule has 0 spiro atoms. The van der Waals surface area contributed by atoms with E-state index in [1.807, 2.05) is 0 Å². The van der Waals surface area contributed by atoms with Gasteiger partial charge in [0.25, 0.3) is 11.8 Å². The van der Waals surface area contributed by atoms with E-state index in [0.29, 0.717) is 0 Å². The van der Waals surface area contributed by atoms with Crippen LogP contribution < -0.4 is 22.5 Å². The number of aliphatic hydroxyl groups is 4. The molecule has 0 aromatic rings. The molecule has 1 rings (SSSR count). The van der Waals surface area contributed by atoms with Crippen molar-refractivity contribution in [3.8, 4) is 0 Å². The number of rotatable bonds is 11. The lowest BCUT2D eigenvalue weighted by Crippen LogP contribution is -2.60. The molecule has 1 amide bonds. The van der Waals surface area contributed by atoms with E-state index < -0.39 is 80.9 Å². The van der Waals surface area contributed by atoms with Gasteiger partial charge < -0.3 is 52.4 Å². The van der Waals surface area contributed by atoms with Crippen LogP contribution in [-0.4, -0.2) is 101 Å². The smallest absolute Gasteiger partial charge is 0.294 e. The van der Waals surface area contributed by atoms with Gasteiger partial charge in [-0.15, -0.1) is 0 Å². The number of nitrogens with one attached hydrogen (secondary N) is 1. The number of aliphatic hydroxyl groups excluding tert-OH is 4. The van der Waals surface area contributed by atoms with Crippen molar-refractivity contribution in [1.29, 1.82) is 0 Å². The van der Waals surface area contributed by atoms with Crippen molar-refractivity contribution in [2.75, 3.05) is 26.6 Å². The van der Waals surface area contributed by atoms with Crippen molar-refractivity contribution in [3.05, 3.63) is 0 Å². The van der Waals surface area contributed by atoms with E-state index in [0.717, 1.165) is 0 Å². The number of alkyl halides is 2. The minimum atomic E-state index is -3.82. The summed E-state index contributed by atoms with van der Waals surface area (Å²) in [5.74, 6) is -5.21. The van der Waals surface area contributed by atoms with Gasteiger partial charge in [0.2, 0.25) is 0 Å². The Bertz CT molecular complexity index is 491. The van der Waals surface area contributed by atoms with Crippen molar-refractivity contribution in [2.45, 2.75) is 61.3 Å². The molecule has 7 unspecified atom stereocenters. The molecule has 1 aliphatic carbocycles. The quantitative estimate of drug-likeness (QED) is 0.153. The largest absolute Gasteiger partial charge is 0.395 e. The van der Waals surface area contributed by atoms with Crippen LogP contribution in [0.1, 0.15) is 12.8 Å². The molecule has 28 heavy (non-hydrogen) atoms. The molecular weight excluding hydrogens is 386 g/mol. The van der Waals surface area contributed by atoms with E-state index in [4.69, 9.17) is 36.9 Å². The minimum absolute atomic E-state index is 0.0726. The number of hydrogen-bond donors (Lipinski definition) is 8. The molecule has 13 heteroatoms. The number of carbonyl (C=O) groups is 1. The summed E-state index contributed by atoms with van der Waals surface area (Å²) in [6.45, 7) is -2.52. The lowest BCUT2D eigenvalue weighted by atomic mass is 9.86. The Morgan fingerprint density at radius 2 is 1.93 bits per heavy atom. The van der Waals surface area contributed by atoms with Gasteiger partial charge >= 0.3 is 0 Å². The lowest BCUT2D eigenvalue weighted by Gasteiger charge is -2.38. The number of ether oxygens (including phenoxy) is 2. The first-order chi connectivity index (χ1) is 13.1. The van der Waals surface area contributed by atoms with Gasteiger partial charge in [0, 0.05) is 6.04 Å². The molecule has 1 saturated carbocycles. The number of amides is 1. The van der Waals surface area contributed by atoms with Crippen molar-refractivity contribution in [2.24, 2.45) is 17.2 Å². The molecule has 7 atom stereocenters. The molecule has 0 aromatic carbocycles. The fourth-order valence-corrected chi connectivity index (χ4v) is 2.78. The van der Waals surface area contributed by atoms with Crippen molar-refractivity contribution in [3.63, 3.8) is 0 Å². The van der Waals surface area contributed by atoms with Crippen LogP contribution in [0.15, 0.2) is 0 Å². The first kappa shape index (κ1) is 25.0. The topological polar surface area (TPSA) is 207 Å². The summed E-state index contributed by atoms with van der Waals surface area (Å²) in [4.78, 5) is 11.8. The second-order valence-electron chi connectivity index (χ2n) is 6.76. The summed E-state index contributed by atoms with van der Waals surface area (Å²) >= 11 is 0. The first-order valence-electron chi connectivity index (χ1n) is 8.77. The van der Waals surface area contributed by atoms with Crippen LogP contribution in [0.5, 0.6) is 0 Å². The van der Waals surface area contributed by atoms with E-state index in [1.165, 1.54) is 0 Å². The summed E-state index contributed by atoms with van der Waals surface area (Å²) in [5.41, 5.74) is 16.2. The van der Waals surface area contributed by atoms with E-state index in [2.05, 4.69) is 5.32 Å². The molecule has 1 aliphatic rings. The van der Waals surface area contributed by atoms with E-state index >= 15 is 0 Å². The van der Waals surface area contributed by atoms with Crippen LogP contribution in [0.3, 0.4) is 0 Å². The molecule has 0 aliphatic heterocycles. The predicted molar refractivity (Wildman–Crippen MR) is 91.9 cm³/mol. The molecule has 1 fully saturated rings. The minimum Gasteiger partial charge on any atom is -0.395 e. The summed E-state index contributed by atoms with van der Waals surface area (Å²) in [6, 6.07) is -2.41. The third kappa shape index (κ3) is 6.79. The van der Waals surface area contributed by atoms with Crippen LogP contribution in [0.2, 0.25) is 0 Å². The maximum absolute atomic E-state index is 13.4. The molecule has 0 bridgehead atoms. The lowest BCUT2D eigenvalue weighted by molar-refractivity contribution is -0.173. The normalized spacial score (nSPS) is 29.2. The van der Waals surface area contributed by atoms with Crippen LogP contribution >= 0.6 is 0 Å². The van der Waals surface area contributed by atoms with E-state index in [1.54, 1.807) is 0 Å². The zero-order valence-corrected chi connectivity index (χ0v) is 15.3. The van der Waals surface area contributed by atoms with Crippen molar-refractivity contribution in [1.82, 2.24) is 5.32 Å². The van der Waals surface area contributed by atoms with Crippen LogP contribution in [0, 0.1) is 0 Å². The number of hydrogen-bond acceptors (Lipinski definition) is 10. The first-order valence-corrected chi connectivity index (χ1v) is 8.77. The summed E-state index contributed by atoms with van der Waals surface area (Å²) in [5, 5.41) is 40.1. The maximum Gasteiger partial charge on any atom is 0.294 e. The van der Waals surface area contributed by atoms with Gasteiger partial charge in [0.1, 0.15) is 19.0 Å². The zero-order chi connectivity index (χ0) is 21.5. The van der Waals surface area contributed by atoms with Gasteiger partial charge in [-0.1, -0.05) is 0 Å². The van der Waals surface area contributed by atoms with Gasteiger partial charge in [-0.05, 0) is 12.8 Å². The van der Waals surface area contributed by atoms with Crippen molar-refractivity contribution < 1.29 is 43.5 Å². The maximum atomic E-state index is 13.4. The van der Waals surface area contributed by atoms with Crippen LogP contribution in [0.25, 0.3) is 0 Å². The van der Waals surface area contributed by atoms with Gasteiger partial charge in [-0.25, -0.2) is 8.78 Å². The number of carbonyl (C=O) groups excluding carboxylic acids is 1. The zero-order valence-electron chi connectivity index (χ0n) is 15.3.